The van der Waals surface area contributed by atoms with Crippen molar-refractivity contribution in [3.8, 4) is 0 Å². The highest BCUT2D eigenvalue weighted by molar-refractivity contribution is 5.80. The molecule has 12 heteroatoms. The largest absolute Gasteiger partial charge is 0.394 e. The first-order chi connectivity index (χ1) is 16.1. The molecule has 3 aromatic rings. The summed E-state index contributed by atoms with van der Waals surface area (Å²) in [4.78, 5) is 25.0. The number of fused-ring (bicyclic) bond motifs is 1. The molecule has 1 aliphatic rings. The van der Waals surface area contributed by atoms with Crippen molar-refractivity contribution in [2.45, 2.75) is 51.6 Å². The normalized spacial score (nSPS) is 21.4. The summed E-state index contributed by atoms with van der Waals surface area (Å²) in [6.07, 6.45) is 3.60. The molecule has 0 aliphatic heterocycles. The average Bonchev–Trinajstić information content (AvgIpc) is 3.14. The number of anilines is 3. The van der Waals surface area contributed by atoms with Gasteiger partial charge in [0.2, 0.25) is 17.8 Å². The Bertz CT molecular complexity index is 1200. The molecule has 0 radical (unpaired) electrons. The predicted molar refractivity (Wildman–Crippen MR) is 120 cm³/mol. The highest BCUT2D eigenvalue weighted by Gasteiger charge is 2.37. The number of carbonyl (C=O) groups is 1. The van der Waals surface area contributed by atoms with Crippen LogP contribution in [0.5, 0.6) is 0 Å². The summed E-state index contributed by atoms with van der Waals surface area (Å²) in [5.74, 6) is -3.27. The first-order valence-electron chi connectivity index (χ1n) is 10.9. The summed E-state index contributed by atoms with van der Waals surface area (Å²) in [6, 6.07) is 0.648. The number of imidazole rings is 1. The van der Waals surface area contributed by atoms with E-state index < -0.39 is 28.6 Å². The molecule has 4 rings (SSSR count). The van der Waals surface area contributed by atoms with Crippen molar-refractivity contribution in [1.82, 2.24) is 19.5 Å². The van der Waals surface area contributed by atoms with Crippen LogP contribution in [-0.4, -0.2) is 43.2 Å². The van der Waals surface area contributed by atoms with Gasteiger partial charge < -0.3 is 21.5 Å². The minimum atomic E-state index is -1.11. The van der Waals surface area contributed by atoms with Gasteiger partial charge in [-0.05, 0) is 32.6 Å². The van der Waals surface area contributed by atoms with Crippen molar-refractivity contribution in [2.24, 2.45) is 11.1 Å². The molecule has 1 aromatic carbocycles. The third kappa shape index (κ3) is 4.49. The number of rotatable bonds is 7. The minimum absolute atomic E-state index is 0.105. The SMILES string of the molecule is CC(CO)Nc1ncc2nc(Nc3c(F)cc(F)cc3F)n(C3CCC(C)(C(N)=O)CC3)c2n1. The Kier molecular flexibility index (Phi) is 6.34. The molecule has 0 saturated heterocycles. The number of aliphatic hydroxyl groups is 1. The molecule has 1 unspecified atom stereocenters. The van der Waals surface area contributed by atoms with Crippen LogP contribution in [0.15, 0.2) is 18.3 Å². The van der Waals surface area contributed by atoms with E-state index in [2.05, 4.69) is 25.6 Å². The molecule has 1 fully saturated rings. The van der Waals surface area contributed by atoms with Crippen molar-refractivity contribution in [1.29, 1.82) is 0 Å². The highest BCUT2D eigenvalue weighted by atomic mass is 19.1. The number of hydrogen-bond acceptors (Lipinski definition) is 7. The molecule has 2 aromatic heterocycles. The lowest BCUT2D eigenvalue weighted by molar-refractivity contribution is -0.128. The first-order valence-corrected chi connectivity index (χ1v) is 10.9. The van der Waals surface area contributed by atoms with Gasteiger partial charge >= 0.3 is 0 Å². The van der Waals surface area contributed by atoms with Crippen LogP contribution in [0.3, 0.4) is 0 Å². The van der Waals surface area contributed by atoms with E-state index >= 15 is 0 Å². The summed E-state index contributed by atoms with van der Waals surface area (Å²) in [6.45, 7) is 3.44. The van der Waals surface area contributed by atoms with Gasteiger partial charge in [0.05, 0.1) is 12.8 Å². The van der Waals surface area contributed by atoms with Crippen LogP contribution in [0, 0.1) is 22.9 Å². The minimum Gasteiger partial charge on any atom is -0.394 e. The van der Waals surface area contributed by atoms with E-state index in [1.165, 1.54) is 6.20 Å². The molecule has 0 bridgehead atoms. The zero-order valence-electron chi connectivity index (χ0n) is 18.8. The number of amides is 1. The van der Waals surface area contributed by atoms with E-state index in [-0.39, 0.29) is 36.5 Å². The van der Waals surface area contributed by atoms with Crippen molar-refractivity contribution in [3.63, 3.8) is 0 Å². The second kappa shape index (κ2) is 9.09. The number of carbonyl (C=O) groups excluding carboxylic acids is 1. The number of benzene rings is 1. The molecule has 182 valence electrons. The molecule has 1 amide bonds. The first kappa shape index (κ1) is 23.7. The lowest BCUT2D eigenvalue weighted by atomic mass is 9.73. The van der Waals surface area contributed by atoms with Gasteiger partial charge in [0.25, 0.3) is 0 Å². The Morgan fingerprint density at radius 2 is 1.91 bits per heavy atom. The fraction of sp³-hybridized carbons (Fsp3) is 0.455. The van der Waals surface area contributed by atoms with Crippen LogP contribution in [0.4, 0.5) is 30.8 Å². The molecule has 0 spiro atoms. The Morgan fingerprint density at radius 3 is 2.50 bits per heavy atom. The van der Waals surface area contributed by atoms with Crippen LogP contribution in [0.25, 0.3) is 11.2 Å². The second-order valence-electron chi connectivity index (χ2n) is 8.96. The van der Waals surface area contributed by atoms with E-state index in [0.29, 0.717) is 49.0 Å². The lowest BCUT2D eigenvalue weighted by Crippen LogP contribution is -2.38. The lowest BCUT2D eigenvalue weighted by Gasteiger charge is -2.35. The van der Waals surface area contributed by atoms with Crippen LogP contribution in [-0.2, 0) is 4.79 Å². The highest BCUT2D eigenvalue weighted by Crippen LogP contribution is 2.43. The number of primary amides is 1. The summed E-state index contributed by atoms with van der Waals surface area (Å²) in [7, 11) is 0. The number of nitrogens with zero attached hydrogens (tertiary/aromatic N) is 4. The topological polar surface area (TPSA) is 131 Å². The van der Waals surface area contributed by atoms with Crippen molar-refractivity contribution in [3.05, 3.63) is 35.8 Å². The van der Waals surface area contributed by atoms with Gasteiger partial charge in [0.15, 0.2) is 17.3 Å². The molecule has 34 heavy (non-hydrogen) atoms. The van der Waals surface area contributed by atoms with E-state index in [0.717, 1.165) is 0 Å². The molecule has 1 atom stereocenters. The fourth-order valence-corrected chi connectivity index (χ4v) is 4.18. The third-order valence-corrected chi connectivity index (χ3v) is 6.34. The molecule has 9 nitrogen and oxygen atoms in total. The monoisotopic (exact) mass is 477 g/mol. The van der Waals surface area contributed by atoms with Crippen LogP contribution < -0.4 is 16.4 Å². The van der Waals surface area contributed by atoms with Gasteiger partial charge in [0, 0.05) is 29.6 Å². The van der Waals surface area contributed by atoms with Gasteiger partial charge in [0.1, 0.15) is 17.0 Å². The van der Waals surface area contributed by atoms with Gasteiger partial charge in [-0.15, -0.1) is 0 Å². The molecular formula is C22H26F3N7O2. The summed E-state index contributed by atoms with van der Waals surface area (Å²) in [5.41, 5.74) is 5.16. The van der Waals surface area contributed by atoms with Gasteiger partial charge in [-0.3, -0.25) is 9.36 Å². The Labute approximate surface area is 193 Å². The van der Waals surface area contributed by atoms with E-state index in [1.807, 2.05) is 6.92 Å². The number of nitrogens with two attached hydrogens (primary N) is 1. The quantitative estimate of drug-likeness (QED) is 0.410. The van der Waals surface area contributed by atoms with Crippen LogP contribution >= 0.6 is 0 Å². The fourth-order valence-electron chi connectivity index (χ4n) is 4.18. The molecule has 1 saturated carbocycles. The Balaban J connectivity index is 1.78. The average molecular weight is 477 g/mol. The van der Waals surface area contributed by atoms with Gasteiger partial charge in [-0.1, -0.05) is 6.92 Å². The standard InChI is InChI=1S/C22H26F3N7O2/c1-11(10-33)28-20-27-9-16-18(31-20)32(13-3-5-22(2,6-4-13)19(26)34)21(29-16)30-17-14(24)7-12(23)8-15(17)25/h7-9,11,13,33H,3-6,10H2,1-2H3,(H2,26,34)(H,29,30)(H,27,28,31). The number of nitrogens with one attached hydrogen (secondary N) is 2. The summed E-state index contributed by atoms with van der Waals surface area (Å²) in [5, 5.41) is 14.9. The van der Waals surface area contributed by atoms with E-state index in [4.69, 9.17) is 5.73 Å². The third-order valence-electron chi connectivity index (χ3n) is 6.34. The van der Waals surface area contributed by atoms with E-state index in [1.54, 1.807) is 11.5 Å². The Morgan fingerprint density at radius 1 is 1.26 bits per heavy atom. The molecule has 2 heterocycles. The smallest absolute Gasteiger partial charge is 0.225 e. The molecule has 5 N–H and O–H groups in total. The van der Waals surface area contributed by atoms with Gasteiger partial charge in [-0.2, -0.15) is 4.98 Å². The van der Waals surface area contributed by atoms with Crippen LogP contribution in [0.1, 0.15) is 45.6 Å². The molecular weight excluding hydrogens is 451 g/mol. The van der Waals surface area contributed by atoms with Crippen molar-refractivity contribution < 1.29 is 23.1 Å². The number of aromatic nitrogens is 4. The number of halogens is 3. The van der Waals surface area contributed by atoms with E-state index in [9.17, 15) is 23.1 Å². The van der Waals surface area contributed by atoms with Crippen molar-refractivity contribution in [2.75, 3.05) is 17.2 Å². The zero-order chi connectivity index (χ0) is 24.6. The summed E-state index contributed by atoms with van der Waals surface area (Å²) >= 11 is 0. The maximum atomic E-state index is 14.4. The number of aliphatic hydroxyl groups excluding tert-OH is 1. The number of hydrogen-bond donors (Lipinski definition) is 4. The van der Waals surface area contributed by atoms with Crippen molar-refractivity contribution >= 4 is 34.7 Å². The molecule has 1 aliphatic carbocycles. The maximum Gasteiger partial charge on any atom is 0.225 e. The van der Waals surface area contributed by atoms with Gasteiger partial charge in [-0.25, -0.2) is 23.1 Å². The zero-order valence-corrected chi connectivity index (χ0v) is 18.8. The van der Waals surface area contributed by atoms with Crippen LogP contribution in [0.2, 0.25) is 0 Å². The maximum absolute atomic E-state index is 14.4. The Hall–Kier alpha value is -3.41. The second-order valence-corrected chi connectivity index (χ2v) is 8.96. The predicted octanol–water partition coefficient (Wildman–Crippen LogP) is 3.39. The summed E-state index contributed by atoms with van der Waals surface area (Å²) < 4.78 is 43.8.